The molecule has 5 nitrogen and oxygen atoms in total. The highest BCUT2D eigenvalue weighted by Crippen LogP contribution is 2.19. The van der Waals surface area contributed by atoms with E-state index in [0.29, 0.717) is 18.7 Å². The molecule has 2 atom stereocenters. The molecule has 156 valence electrons. The van der Waals surface area contributed by atoms with Crippen molar-refractivity contribution in [2.45, 2.75) is 38.9 Å². The minimum atomic E-state index is -0.229. The lowest BCUT2D eigenvalue weighted by molar-refractivity contribution is -0.139. The first-order valence-electron chi connectivity index (χ1n) is 10.1. The molecule has 1 N–H and O–H groups in total. The van der Waals surface area contributed by atoms with Crippen LogP contribution < -0.4 is 4.74 Å². The summed E-state index contributed by atoms with van der Waals surface area (Å²) in [7, 11) is 0. The van der Waals surface area contributed by atoms with E-state index >= 15 is 0 Å². The molecule has 0 bridgehead atoms. The van der Waals surface area contributed by atoms with Gasteiger partial charge in [-0.3, -0.25) is 9.69 Å². The number of hydrogen-bond donors (Lipinski definition) is 1. The van der Waals surface area contributed by atoms with Crippen molar-refractivity contribution in [2.75, 3.05) is 26.3 Å². The fourth-order valence-corrected chi connectivity index (χ4v) is 3.74. The lowest BCUT2D eigenvalue weighted by Crippen LogP contribution is -2.58. The standard InChI is InChI=1S/C23H29FN2O3/c1-17-14-26(18(2)13-25(17)15-20-6-8-21(24)9-7-20)23(28)16-29-22-5-3-4-19(12-22)10-11-27/h3-9,12,17-18,27H,10-11,13-16H2,1-2H3/t17-,18+/m0/s1. The zero-order valence-electron chi connectivity index (χ0n) is 17.1. The van der Waals surface area contributed by atoms with Crippen molar-refractivity contribution in [3.05, 3.63) is 65.5 Å². The maximum atomic E-state index is 13.1. The van der Waals surface area contributed by atoms with E-state index < -0.39 is 0 Å². The number of hydrogen-bond acceptors (Lipinski definition) is 4. The second-order valence-electron chi connectivity index (χ2n) is 7.71. The zero-order chi connectivity index (χ0) is 20.8. The number of piperazine rings is 1. The van der Waals surface area contributed by atoms with Crippen LogP contribution in [-0.2, 0) is 17.8 Å². The number of nitrogens with zero attached hydrogens (tertiary/aromatic N) is 2. The minimum Gasteiger partial charge on any atom is -0.484 e. The smallest absolute Gasteiger partial charge is 0.260 e. The van der Waals surface area contributed by atoms with Gasteiger partial charge in [0.05, 0.1) is 0 Å². The first-order chi connectivity index (χ1) is 14.0. The summed E-state index contributed by atoms with van der Waals surface area (Å²) in [5, 5.41) is 9.06. The summed E-state index contributed by atoms with van der Waals surface area (Å²) in [6, 6.07) is 14.3. The predicted octanol–water partition coefficient (Wildman–Crippen LogP) is 2.86. The van der Waals surface area contributed by atoms with Gasteiger partial charge in [-0.15, -0.1) is 0 Å². The van der Waals surface area contributed by atoms with Gasteiger partial charge in [-0.1, -0.05) is 24.3 Å². The van der Waals surface area contributed by atoms with Crippen molar-refractivity contribution in [1.82, 2.24) is 9.80 Å². The van der Waals surface area contributed by atoms with E-state index in [-0.39, 0.29) is 37.0 Å². The highest BCUT2D eigenvalue weighted by molar-refractivity contribution is 5.78. The van der Waals surface area contributed by atoms with Crippen molar-refractivity contribution >= 4 is 5.91 Å². The molecule has 1 saturated heterocycles. The van der Waals surface area contributed by atoms with Crippen LogP contribution in [0.2, 0.25) is 0 Å². The third-order valence-corrected chi connectivity index (χ3v) is 5.40. The third-order valence-electron chi connectivity index (χ3n) is 5.40. The molecule has 0 aliphatic carbocycles. The summed E-state index contributed by atoms with van der Waals surface area (Å²) in [5.74, 6) is 0.380. The van der Waals surface area contributed by atoms with E-state index in [1.54, 1.807) is 0 Å². The van der Waals surface area contributed by atoms with Gasteiger partial charge in [0.15, 0.2) is 6.61 Å². The van der Waals surface area contributed by atoms with Gasteiger partial charge in [-0.2, -0.15) is 0 Å². The van der Waals surface area contributed by atoms with Crippen LogP contribution in [0.3, 0.4) is 0 Å². The summed E-state index contributed by atoms with van der Waals surface area (Å²) in [6.45, 7) is 6.36. The van der Waals surface area contributed by atoms with Crippen LogP contribution in [0.25, 0.3) is 0 Å². The van der Waals surface area contributed by atoms with Crippen LogP contribution in [0.1, 0.15) is 25.0 Å². The Bertz CT molecular complexity index is 812. The molecule has 0 saturated carbocycles. The van der Waals surface area contributed by atoms with E-state index in [4.69, 9.17) is 9.84 Å². The predicted molar refractivity (Wildman–Crippen MR) is 110 cm³/mol. The highest BCUT2D eigenvalue weighted by Gasteiger charge is 2.32. The molecule has 1 fully saturated rings. The van der Waals surface area contributed by atoms with E-state index in [2.05, 4.69) is 11.8 Å². The average Bonchev–Trinajstić information content (AvgIpc) is 2.71. The molecule has 3 rings (SSSR count). The summed E-state index contributed by atoms with van der Waals surface area (Å²) in [4.78, 5) is 16.9. The van der Waals surface area contributed by atoms with Crippen LogP contribution in [0.15, 0.2) is 48.5 Å². The molecule has 1 aliphatic rings. The lowest BCUT2D eigenvalue weighted by Gasteiger charge is -2.44. The Morgan fingerprint density at radius 3 is 2.59 bits per heavy atom. The number of ether oxygens (including phenoxy) is 1. The fraction of sp³-hybridized carbons (Fsp3) is 0.435. The van der Waals surface area contributed by atoms with Crippen molar-refractivity contribution in [1.29, 1.82) is 0 Å². The third kappa shape index (κ3) is 5.78. The summed E-state index contributed by atoms with van der Waals surface area (Å²) >= 11 is 0. The molecule has 6 heteroatoms. The molecule has 2 aromatic rings. The van der Waals surface area contributed by atoms with Crippen LogP contribution in [-0.4, -0.2) is 59.2 Å². The molecule has 0 radical (unpaired) electrons. The normalized spacial score (nSPS) is 19.9. The van der Waals surface area contributed by atoms with Gasteiger partial charge in [-0.05, 0) is 55.7 Å². The summed E-state index contributed by atoms with van der Waals surface area (Å²) < 4.78 is 18.8. The van der Waals surface area contributed by atoms with E-state index in [9.17, 15) is 9.18 Å². The second kappa shape index (κ2) is 9.85. The summed E-state index contributed by atoms with van der Waals surface area (Å²) in [5.41, 5.74) is 2.05. The Hall–Kier alpha value is -2.44. The fourth-order valence-electron chi connectivity index (χ4n) is 3.74. The number of carbonyl (C=O) groups is 1. The first-order valence-corrected chi connectivity index (χ1v) is 10.1. The largest absolute Gasteiger partial charge is 0.484 e. The molecule has 1 amide bonds. The van der Waals surface area contributed by atoms with Crippen LogP contribution in [0.5, 0.6) is 5.75 Å². The highest BCUT2D eigenvalue weighted by atomic mass is 19.1. The second-order valence-corrected chi connectivity index (χ2v) is 7.71. The van der Waals surface area contributed by atoms with Gasteiger partial charge in [-0.25, -0.2) is 4.39 Å². The van der Waals surface area contributed by atoms with Gasteiger partial charge in [0.2, 0.25) is 0 Å². The molecule has 1 aliphatic heterocycles. The number of rotatable bonds is 7. The number of carbonyl (C=O) groups excluding carboxylic acids is 1. The Balaban J connectivity index is 1.54. The monoisotopic (exact) mass is 400 g/mol. The molecule has 0 unspecified atom stereocenters. The molecule has 29 heavy (non-hydrogen) atoms. The van der Waals surface area contributed by atoms with Gasteiger partial charge < -0.3 is 14.7 Å². The van der Waals surface area contributed by atoms with Crippen LogP contribution >= 0.6 is 0 Å². The average molecular weight is 400 g/mol. The first kappa shape index (κ1) is 21.3. The lowest BCUT2D eigenvalue weighted by atomic mass is 10.1. The Morgan fingerprint density at radius 2 is 1.86 bits per heavy atom. The van der Waals surface area contributed by atoms with Crippen LogP contribution in [0.4, 0.5) is 4.39 Å². The number of aliphatic hydroxyl groups excluding tert-OH is 1. The van der Waals surface area contributed by atoms with Crippen molar-refractivity contribution in [2.24, 2.45) is 0 Å². The Labute approximate surface area is 171 Å². The van der Waals surface area contributed by atoms with E-state index in [0.717, 1.165) is 24.2 Å². The van der Waals surface area contributed by atoms with Crippen molar-refractivity contribution in [3.8, 4) is 5.75 Å². The topological polar surface area (TPSA) is 53.0 Å². The number of aliphatic hydroxyl groups is 1. The van der Waals surface area contributed by atoms with E-state index in [1.165, 1.54) is 12.1 Å². The summed E-state index contributed by atoms with van der Waals surface area (Å²) in [6.07, 6.45) is 0.565. The van der Waals surface area contributed by atoms with Gasteiger partial charge >= 0.3 is 0 Å². The molecule has 1 heterocycles. The molecular weight excluding hydrogens is 371 g/mol. The van der Waals surface area contributed by atoms with Gasteiger partial charge in [0, 0.05) is 38.3 Å². The Morgan fingerprint density at radius 1 is 1.10 bits per heavy atom. The molecule has 2 aromatic carbocycles. The minimum absolute atomic E-state index is 0.00238. The van der Waals surface area contributed by atoms with Gasteiger partial charge in [0.25, 0.3) is 5.91 Å². The van der Waals surface area contributed by atoms with Crippen LogP contribution in [0, 0.1) is 5.82 Å². The maximum absolute atomic E-state index is 13.1. The quantitative estimate of drug-likeness (QED) is 0.777. The SMILES string of the molecule is C[C@@H]1CN(Cc2ccc(F)cc2)[C@@H](C)CN1C(=O)COc1cccc(CCO)c1. The van der Waals surface area contributed by atoms with Crippen molar-refractivity contribution < 1.29 is 19.0 Å². The Kier molecular flexibility index (Phi) is 7.23. The molecule has 0 spiro atoms. The number of halogens is 1. The van der Waals surface area contributed by atoms with Crippen molar-refractivity contribution in [3.63, 3.8) is 0 Å². The maximum Gasteiger partial charge on any atom is 0.260 e. The molecule has 0 aromatic heterocycles. The number of amides is 1. The number of benzene rings is 2. The van der Waals surface area contributed by atoms with E-state index in [1.807, 2.05) is 48.2 Å². The van der Waals surface area contributed by atoms with Gasteiger partial charge in [0.1, 0.15) is 11.6 Å². The zero-order valence-corrected chi connectivity index (χ0v) is 17.1. The molecular formula is C23H29FN2O3.